The van der Waals surface area contributed by atoms with E-state index in [4.69, 9.17) is 9.47 Å². The van der Waals surface area contributed by atoms with Crippen molar-refractivity contribution in [3.8, 4) is 0 Å². The molecule has 0 fully saturated rings. The summed E-state index contributed by atoms with van der Waals surface area (Å²) in [7, 11) is 0. The first-order chi connectivity index (χ1) is 17.2. The van der Waals surface area contributed by atoms with Crippen LogP contribution in [0.25, 0.3) is 0 Å². The fourth-order valence-electron chi connectivity index (χ4n) is 2.92. The molecule has 1 aliphatic heterocycles. The molecule has 1 aromatic carbocycles. The minimum atomic E-state index is -0.461. The van der Waals surface area contributed by atoms with Gasteiger partial charge in [-0.1, -0.05) is 44.2 Å². The number of thiazole rings is 1. The Hall–Kier alpha value is -1.80. The first-order valence-corrected chi connectivity index (χ1v) is 17.2. The molecule has 3 N–H and O–H groups in total. The number of hydrogen-bond donors (Lipinski definition) is 3. The molecular formula is C24H35N4O4PbS2. The SMILES string of the molecule is CC.O=C(NCCCC(Cc1ccccc1)NC(=O)OCc1cncs1)OCC1=CNCS1.[CH3][Pb]. The molecule has 2 aromatic rings. The second kappa shape index (κ2) is 20.4. The van der Waals surface area contributed by atoms with E-state index in [0.717, 1.165) is 21.2 Å². The fraction of sp³-hybridized carbons (Fsp3) is 0.458. The average molecular weight is 715 g/mol. The Morgan fingerprint density at radius 2 is 1.89 bits per heavy atom. The van der Waals surface area contributed by atoms with Gasteiger partial charge in [-0.3, -0.25) is 4.98 Å². The molecule has 2 heterocycles. The van der Waals surface area contributed by atoms with Crippen LogP contribution in [-0.4, -0.2) is 68.0 Å². The van der Waals surface area contributed by atoms with Crippen LogP contribution in [-0.2, 0) is 22.5 Å². The van der Waals surface area contributed by atoms with Crippen molar-refractivity contribution in [3.05, 3.63) is 63.6 Å². The van der Waals surface area contributed by atoms with Crippen LogP contribution in [0.4, 0.5) is 9.59 Å². The number of ether oxygens (including phenoxy) is 2. The summed E-state index contributed by atoms with van der Waals surface area (Å²) in [5.74, 6) is 0.808. The molecule has 0 aliphatic carbocycles. The van der Waals surface area contributed by atoms with Crippen LogP contribution in [0.3, 0.4) is 0 Å². The third-order valence-corrected chi connectivity index (χ3v) is 6.09. The number of carbonyl (C=O) groups is 2. The molecule has 2 amide bonds. The van der Waals surface area contributed by atoms with Gasteiger partial charge in [-0.25, -0.2) is 9.59 Å². The van der Waals surface area contributed by atoms with Gasteiger partial charge in [0.1, 0.15) is 13.2 Å². The molecule has 0 saturated carbocycles. The van der Waals surface area contributed by atoms with Crippen LogP contribution in [0.5, 0.6) is 0 Å². The number of alkyl carbamates (subject to hydrolysis) is 2. The van der Waals surface area contributed by atoms with Crippen LogP contribution in [0.2, 0.25) is 4.48 Å². The third-order valence-electron chi connectivity index (χ3n) is 4.42. The van der Waals surface area contributed by atoms with Crippen LogP contribution in [0, 0.1) is 0 Å². The van der Waals surface area contributed by atoms with Crippen molar-refractivity contribution in [2.45, 2.75) is 50.2 Å². The molecule has 1 unspecified atom stereocenters. The van der Waals surface area contributed by atoms with Gasteiger partial charge in [0.2, 0.25) is 0 Å². The zero-order chi connectivity index (χ0) is 25.7. The van der Waals surface area contributed by atoms with Crippen molar-refractivity contribution in [2.24, 2.45) is 0 Å². The zero-order valence-electron chi connectivity index (χ0n) is 20.5. The van der Waals surface area contributed by atoms with E-state index in [-0.39, 0.29) is 19.3 Å². The number of amides is 2. The number of nitrogens with one attached hydrogen (secondary N) is 3. The van der Waals surface area contributed by atoms with E-state index >= 15 is 0 Å². The van der Waals surface area contributed by atoms with Crippen molar-refractivity contribution in [2.75, 3.05) is 19.0 Å². The summed E-state index contributed by atoms with van der Waals surface area (Å²) in [6.45, 7) is 4.94. The normalized spacial score (nSPS) is 12.4. The molecular weight excluding hydrogens is 680 g/mol. The number of hydrogen-bond acceptors (Lipinski definition) is 8. The first-order valence-electron chi connectivity index (χ1n) is 11.5. The predicted octanol–water partition coefficient (Wildman–Crippen LogP) is 4.85. The van der Waals surface area contributed by atoms with E-state index in [1.54, 1.807) is 23.5 Å². The Morgan fingerprint density at radius 1 is 1.14 bits per heavy atom. The fourth-order valence-corrected chi connectivity index (χ4v) is 4.09. The first kappa shape index (κ1) is 31.2. The predicted molar refractivity (Wildman–Crippen MR) is 145 cm³/mol. The molecule has 8 nitrogen and oxygen atoms in total. The minimum absolute atomic E-state index is 0.111. The van der Waals surface area contributed by atoms with Gasteiger partial charge in [0.25, 0.3) is 0 Å². The second-order valence-corrected chi connectivity index (χ2v) is 8.90. The topological polar surface area (TPSA) is 102 Å². The van der Waals surface area contributed by atoms with Crippen molar-refractivity contribution < 1.29 is 19.1 Å². The summed E-state index contributed by atoms with van der Waals surface area (Å²) in [5, 5.41) is 8.75. The van der Waals surface area contributed by atoms with E-state index in [1.165, 1.54) is 37.1 Å². The average Bonchev–Trinajstić information content (AvgIpc) is 3.62. The number of carbonyl (C=O) groups excluding carboxylic acids is 2. The van der Waals surface area contributed by atoms with E-state index in [9.17, 15) is 9.59 Å². The molecule has 1 atom stereocenters. The number of benzene rings is 1. The van der Waals surface area contributed by atoms with Gasteiger partial charge in [0, 0.05) is 29.9 Å². The van der Waals surface area contributed by atoms with Crippen LogP contribution >= 0.6 is 23.1 Å². The third kappa shape index (κ3) is 14.4. The van der Waals surface area contributed by atoms with Gasteiger partial charge >= 0.3 is 42.4 Å². The van der Waals surface area contributed by atoms with E-state index < -0.39 is 12.2 Å². The van der Waals surface area contributed by atoms with Crippen LogP contribution < -0.4 is 16.0 Å². The van der Waals surface area contributed by atoms with Crippen molar-refractivity contribution in [1.29, 1.82) is 0 Å². The molecule has 0 spiro atoms. The van der Waals surface area contributed by atoms with Crippen LogP contribution in [0.15, 0.2) is 53.1 Å². The van der Waals surface area contributed by atoms with Gasteiger partial charge in [-0.05, 0) is 24.8 Å². The Kier molecular flexibility index (Phi) is 18.2. The monoisotopic (exact) mass is 715 g/mol. The van der Waals surface area contributed by atoms with Gasteiger partial charge < -0.3 is 25.4 Å². The number of nitrogens with zero attached hydrogens (tertiary/aromatic N) is 1. The molecule has 1 aliphatic rings. The summed E-state index contributed by atoms with van der Waals surface area (Å²) in [5.41, 5.74) is 2.83. The Balaban J connectivity index is 0.00000145. The summed E-state index contributed by atoms with van der Waals surface area (Å²) in [4.78, 5) is 29.9. The summed E-state index contributed by atoms with van der Waals surface area (Å²) < 4.78 is 12.6. The Bertz CT molecular complexity index is 854. The molecule has 3 rings (SSSR count). The summed E-state index contributed by atoms with van der Waals surface area (Å²) in [6, 6.07) is 9.84. The van der Waals surface area contributed by atoms with E-state index in [1.807, 2.05) is 50.4 Å². The van der Waals surface area contributed by atoms with Gasteiger partial charge in [0.05, 0.1) is 16.3 Å². The van der Waals surface area contributed by atoms with Crippen LogP contribution in [0.1, 0.15) is 37.1 Å². The molecule has 1 aromatic heterocycles. The maximum atomic E-state index is 12.2. The number of thioether (sulfide) groups is 1. The van der Waals surface area contributed by atoms with Gasteiger partial charge in [-0.15, -0.1) is 23.1 Å². The van der Waals surface area contributed by atoms with E-state index in [2.05, 4.69) is 25.4 Å². The van der Waals surface area contributed by atoms with Crippen molar-refractivity contribution >= 4 is 61.1 Å². The van der Waals surface area contributed by atoms with Gasteiger partial charge in [-0.2, -0.15) is 0 Å². The zero-order valence-corrected chi connectivity index (χ0v) is 26.1. The molecule has 35 heavy (non-hydrogen) atoms. The molecule has 3 radical (unpaired) electrons. The van der Waals surface area contributed by atoms with Crippen molar-refractivity contribution in [3.63, 3.8) is 0 Å². The van der Waals surface area contributed by atoms with Gasteiger partial charge in [0.15, 0.2) is 0 Å². The second-order valence-electron chi connectivity index (χ2n) is 6.82. The summed E-state index contributed by atoms with van der Waals surface area (Å²) in [6.07, 6.45) is 4.70. The molecule has 191 valence electrons. The number of rotatable bonds is 11. The molecule has 11 heteroatoms. The standard InChI is InChI=1S/C21H26N4O4S2.C2H6.CH3.Pb/c26-20(28-12-18-10-22-14-30-18)24-8-4-7-17(9-16-5-2-1-3-6-16)25-21(27)29-13-19-11-23-15-31-19;1-2;;/h1-3,5-6,10-11,15,17,22H,4,7-9,12-14H2,(H,24,26)(H,25,27);1-2H3;1H3;. The summed E-state index contributed by atoms with van der Waals surface area (Å²) >= 11 is 4.36. The molecule has 0 saturated heterocycles. The quantitative estimate of drug-likeness (QED) is 0.226. The maximum absolute atomic E-state index is 12.2. The number of aromatic nitrogens is 1. The van der Waals surface area contributed by atoms with E-state index in [0.29, 0.717) is 25.8 Å². The van der Waals surface area contributed by atoms with Crippen molar-refractivity contribution in [1.82, 2.24) is 20.9 Å². The molecule has 0 bridgehead atoms. The Labute approximate surface area is 232 Å². The Morgan fingerprint density at radius 3 is 2.54 bits per heavy atom.